The molecule has 0 aliphatic heterocycles. The highest BCUT2D eigenvalue weighted by Gasteiger charge is 2.01. The molecule has 94 valence electrons. The molecule has 0 unspecified atom stereocenters. The van der Waals surface area contributed by atoms with Crippen molar-refractivity contribution in [1.82, 2.24) is 20.3 Å². The normalized spacial score (nSPS) is 10.6. The molecule has 0 aliphatic rings. The second kappa shape index (κ2) is 6.07. The minimum Gasteiger partial charge on any atom is -0.436 e. The van der Waals surface area contributed by atoms with Gasteiger partial charge in [0.15, 0.2) is 0 Å². The maximum absolute atomic E-state index is 5.50. The van der Waals surface area contributed by atoms with E-state index in [9.17, 15) is 0 Å². The molecule has 2 aromatic heterocycles. The molecule has 0 radical (unpaired) electrons. The quantitative estimate of drug-likeness (QED) is 0.873. The largest absolute Gasteiger partial charge is 0.436 e. The number of hydrogen-bond donors (Lipinski definition) is 1. The monoisotopic (exact) mass is 244 g/mol. The van der Waals surface area contributed by atoms with E-state index in [1.165, 1.54) is 0 Å². The zero-order valence-corrected chi connectivity index (χ0v) is 10.5. The molecule has 0 aliphatic carbocycles. The minimum atomic E-state index is 0.429. The Hall–Kier alpha value is -2.01. The summed E-state index contributed by atoms with van der Waals surface area (Å²) in [6.07, 6.45) is 6.65. The van der Waals surface area contributed by atoms with Crippen LogP contribution in [0.1, 0.15) is 19.5 Å². The van der Waals surface area contributed by atoms with Crippen LogP contribution in [0.3, 0.4) is 0 Å². The van der Waals surface area contributed by atoms with Gasteiger partial charge in [0, 0.05) is 18.8 Å². The summed E-state index contributed by atoms with van der Waals surface area (Å²) in [5.74, 6) is 1.12. The van der Waals surface area contributed by atoms with Crippen molar-refractivity contribution in [2.24, 2.45) is 0 Å². The highest BCUT2D eigenvalue weighted by molar-refractivity contribution is 5.21. The Morgan fingerprint density at radius 3 is 2.72 bits per heavy atom. The molecular formula is C13H16N4O. The molecule has 2 aromatic rings. The summed E-state index contributed by atoms with van der Waals surface area (Å²) in [5.41, 5.74) is 0.891. The lowest BCUT2D eigenvalue weighted by molar-refractivity contribution is 0.456. The van der Waals surface area contributed by atoms with E-state index in [-0.39, 0.29) is 0 Å². The van der Waals surface area contributed by atoms with Gasteiger partial charge >= 0.3 is 0 Å². The molecule has 0 spiro atoms. The number of nitrogens with zero attached hydrogens (tertiary/aromatic N) is 3. The number of hydrogen-bond acceptors (Lipinski definition) is 5. The van der Waals surface area contributed by atoms with Crippen LogP contribution in [-0.2, 0) is 6.54 Å². The van der Waals surface area contributed by atoms with E-state index < -0.39 is 0 Å². The molecule has 0 fully saturated rings. The van der Waals surface area contributed by atoms with Crippen molar-refractivity contribution < 1.29 is 4.74 Å². The third-order valence-corrected chi connectivity index (χ3v) is 2.23. The van der Waals surface area contributed by atoms with Crippen LogP contribution in [-0.4, -0.2) is 21.0 Å². The Balaban J connectivity index is 1.95. The summed E-state index contributed by atoms with van der Waals surface area (Å²) in [7, 11) is 0. The van der Waals surface area contributed by atoms with Gasteiger partial charge in [-0.3, -0.25) is 9.97 Å². The van der Waals surface area contributed by atoms with Crippen LogP contribution >= 0.6 is 0 Å². The van der Waals surface area contributed by atoms with Crippen LogP contribution < -0.4 is 10.1 Å². The maximum Gasteiger partial charge on any atom is 0.237 e. The molecule has 0 saturated carbocycles. The molecule has 1 N–H and O–H groups in total. The Morgan fingerprint density at radius 2 is 2.11 bits per heavy atom. The van der Waals surface area contributed by atoms with Gasteiger partial charge in [-0.05, 0) is 12.1 Å². The molecule has 2 rings (SSSR count). The predicted molar refractivity (Wildman–Crippen MR) is 68.3 cm³/mol. The van der Waals surface area contributed by atoms with Crippen molar-refractivity contribution in [3.8, 4) is 11.6 Å². The standard InChI is InChI=1S/C13H16N4O/c1-10(2)15-6-11-7-17-13(9-16-11)18-12-4-3-5-14-8-12/h3-5,7-10,15H,6H2,1-2H3. The number of aromatic nitrogens is 3. The topological polar surface area (TPSA) is 59.9 Å². The number of pyridine rings is 1. The summed E-state index contributed by atoms with van der Waals surface area (Å²) < 4.78 is 5.50. The van der Waals surface area contributed by atoms with Crippen molar-refractivity contribution >= 4 is 0 Å². The summed E-state index contributed by atoms with van der Waals surface area (Å²) in [6, 6.07) is 4.06. The summed E-state index contributed by atoms with van der Waals surface area (Å²) >= 11 is 0. The third-order valence-electron chi connectivity index (χ3n) is 2.23. The number of rotatable bonds is 5. The van der Waals surface area contributed by atoms with Crippen LogP contribution in [0.15, 0.2) is 36.9 Å². The van der Waals surface area contributed by atoms with E-state index in [1.54, 1.807) is 24.8 Å². The first-order chi connectivity index (χ1) is 8.74. The van der Waals surface area contributed by atoms with E-state index in [2.05, 4.69) is 34.1 Å². The van der Waals surface area contributed by atoms with Crippen LogP contribution in [0, 0.1) is 0 Å². The molecule has 0 saturated heterocycles. The predicted octanol–water partition coefficient (Wildman–Crippen LogP) is 2.16. The van der Waals surface area contributed by atoms with Crippen LogP contribution in [0.4, 0.5) is 0 Å². The van der Waals surface area contributed by atoms with E-state index >= 15 is 0 Å². The first-order valence-corrected chi connectivity index (χ1v) is 5.86. The zero-order valence-electron chi connectivity index (χ0n) is 10.5. The average molecular weight is 244 g/mol. The van der Waals surface area contributed by atoms with E-state index in [4.69, 9.17) is 4.74 Å². The van der Waals surface area contributed by atoms with Crippen molar-refractivity contribution in [1.29, 1.82) is 0 Å². The van der Waals surface area contributed by atoms with Gasteiger partial charge in [-0.15, -0.1) is 0 Å². The molecule has 5 nitrogen and oxygen atoms in total. The molecule has 18 heavy (non-hydrogen) atoms. The SMILES string of the molecule is CC(C)NCc1cnc(Oc2cccnc2)cn1. The fourth-order valence-electron chi connectivity index (χ4n) is 1.32. The van der Waals surface area contributed by atoms with Crippen LogP contribution in [0.2, 0.25) is 0 Å². The molecule has 0 aromatic carbocycles. The Morgan fingerprint density at radius 1 is 1.22 bits per heavy atom. The summed E-state index contributed by atoms with van der Waals surface area (Å²) in [4.78, 5) is 12.4. The van der Waals surface area contributed by atoms with Gasteiger partial charge in [0.1, 0.15) is 5.75 Å². The Labute approximate surface area is 106 Å². The molecule has 2 heterocycles. The third kappa shape index (κ3) is 3.78. The maximum atomic E-state index is 5.50. The highest BCUT2D eigenvalue weighted by Crippen LogP contribution is 2.16. The second-order valence-electron chi connectivity index (χ2n) is 4.17. The molecular weight excluding hydrogens is 228 g/mol. The zero-order chi connectivity index (χ0) is 12.8. The van der Waals surface area contributed by atoms with Crippen molar-refractivity contribution in [3.63, 3.8) is 0 Å². The van der Waals surface area contributed by atoms with Gasteiger partial charge in [-0.2, -0.15) is 0 Å². The summed E-state index contributed by atoms with van der Waals surface area (Å²) in [5, 5.41) is 3.28. The van der Waals surface area contributed by atoms with Gasteiger partial charge in [-0.25, -0.2) is 4.98 Å². The van der Waals surface area contributed by atoms with Gasteiger partial charge in [-0.1, -0.05) is 13.8 Å². The number of ether oxygens (including phenoxy) is 1. The smallest absolute Gasteiger partial charge is 0.237 e. The van der Waals surface area contributed by atoms with Crippen LogP contribution in [0.25, 0.3) is 0 Å². The van der Waals surface area contributed by atoms with Crippen molar-refractivity contribution in [2.75, 3.05) is 0 Å². The molecule has 0 amide bonds. The fourth-order valence-corrected chi connectivity index (χ4v) is 1.32. The first kappa shape index (κ1) is 12.4. The molecule has 0 atom stereocenters. The van der Waals surface area contributed by atoms with Gasteiger partial charge in [0.2, 0.25) is 5.88 Å². The molecule has 0 bridgehead atoms. The van der Waals surface area contributed by atoms with Crippen molar-refractivity contribution in [3.05, 3.63) is 42.6 Å². The highest BCUT2D eigenvalue weighted by atomic mass is 16.5. The van der Waals surface area contributed by atoms with Gasteiger partial charge in [0.25, 0.3) is 0 Å². The average Bonchev–Trinajstić information content (AvgIpc) is 2.39. The molecule has 5 heteroatoms. The van der Waals surface area contributed by atoms with Gasteiger partial charge < -0.3 is 10.1 Å². The second-order valence-corrected chi connectivity index (χ2v) is 4.17. The minimum absolute atomic E-state index is 0.429. The lowest BCUT2D eigenvalue weighted by Crippen LogP contribution is -2.22. The van der Waals surface area contributed by atoms with E-state index in [0.29, 0.717) is 24.2 Å². The first-order valence-electron chi connectivity index (χ1n) is 5.86. The van der Waals surface area contributed by atoms with Crippen LogP contribution in [0.5, 0.6) is 11.6 Å². The summed E-state index contributed by atoms with van der Waals surface area (Å²) in [6.45, 7) is 4.89. The van der Waals surface area contributed by atoms with E-state index in [1.807, 2.05) is 12.1 Å². The Kier molecular flexibility index (Phi) is 4.20. The van der Waals surface area contributed by atoms with Crippen molar-refractivity contribution in [2.45, 2.75) is 26.4 Å². The lowest BCUT2D eigenvalue weighted by atomic mass is 10.3. The van der Waals surface area contributed by atoms with E-state index in [0.717, 1.165) is 5.69 Å². The van der Waals surface area contributed by atoms with Gasteiger partial charge in [0.05, 0.1) is 24.3 Å². The fraction of sp³-hybridized carbons (Fsp3) is 0.308. The Bertz CT molecular complexity index is 470. The number of nitrogens with one attached hydrogen (secondary N) is 1. The lowest BCUT2D eigenvalue weighted by Gasteiger charge is -2.07.